The molecule has 0 aliphatic carbocycles. The number of carbonyl (C=O) groups excluding carboxylic acids is 1. The second-order valence-corrected chi connectivity index (χ2v) is 8.29. The third-order valence-electron chi connectivity index (χ3n) is 3.61. The first-order valence-electron chi connectivity index (χ1n) is 8.09. The minimum absolute atomic E-state index is 0.0497. The maximum absolute atomic E-state index is 13.2. The zero-order valence-corrected chi connectivity index (χ0v) is 16.7. The van der Waals surface area contributed by atoms with E-state index in [2.05, 4.69) is 20.1 Å². The molecule has 3 aromatic rings. The zero-order valence-electron chi connectivity index (χ0n) is 15.1. The van der Waals surface area contributed by atoms with Crippen molar-refractivity contribution in [1.82, 2.24) is 14.8 Å². The SMILES string of the molecule is CS(=O)(=O)Nc1cc(Cl)cc(NC(=O)c2cnn(-c3ncccc3C(F)(F)F)c2)c1. The lowest BCUT2D eigenvalue weighted by atomic mass is 10.2. The Morgan fingerprint density at radius 1 is 1.20 bits per heavy atom. The summed E-state index contributed by atoms with van der Waals surface area (Å²) in [6.45, 7) is 0. The Kier molecular flexibility index (Phi) is 5.72. The van der Waals surface area contributed by atoms with Gasteiger partial charge >= 0.3 is 6.18 Å². The number of anilines is 2. The number of halogens is 4. The van der Waals surface area contributed by atoms with E-state index in [0.29, 0.717) is 0 Å². The van der Waals surface area contributed by atoms with Gasteiger partial charge in [-0.1, -0.05) is 11.6 Å². The molecule has 0 aliphatic heterocycles. The first-order valence-corrected chi connectivity index (χ1v) is 10.4. The Balaban J connectivity index is 1.85. The van der Waals surface area contributed by atoms with E-state index >= 15 is 0 Å². The summed E-state index contributed by atoms with van der Waals surface area (Å²) < 4.78 is 65.3. The summed E-state index contributed by atoms with van der Waals surface area (Å²) in [4.78, 5) is 16.2. The predicted molar refractivity (Wildman–Crippen MR) is 104 cm³/mol. The number of amides is 1. The minimum Gasteiger partial charge on any atom is -0.322 e. The third kappa shape index (κ3) is 5.27. The second kappa shape index (κ2) is 7.95. The van der Waals surface area contributed by atoms with Gasteiger partial charge in [0.25, 0.3) is 5.91 Å². The molecule has 2 N–H and O–H groups in total. The number of alkyl halides is 3. The molecule has 2 aromatic heterocycles. The summed E-state index contributed by atoms with van der Waals surface area (Å²) >= 11 is 5.94. The normalized spacial score (nSPS) is 11.9. The molecule has 1 aromatic carbocycles. The number of aromatic nitrogens is 3. The Morgan fingerprint density at radius 2 is 1.90 bits per heavy atom. The third-order valence-corrected chi connectivity index (χ3v) is 4.44. The summed E-state index contributed by atoms with van der Waals surface area (Å²) in [5, 5.41) is 6.41. The monoisotopic (exact) mass is 459 g/mol. The van der Waals surface area contributed by atoms with E-state index in [4.69, 9.17) is 11.6 Å². The van der Waals surface area contributed by atoms with Crippen LogP contribution in [0.5, 0.6) is 0 Å². The van der Waals surface area contributed by atoms with Crippen LogP contribution in [-0.2, 0) is 16.2 Å². The maximum Gasteiger partial charge on any atom is 0.420 e. The fraction of sp³-hybridized carbons (Fsp3) is 0.118. The summed E-state index contributed by atoms with van der Waals surface area (Å²) in [7, 11) is -3.57. The van der Waals surface area contributed by atoms with Gasteiger partial charge in [-0.05, 0) is 30.3 Å². The van der Waals surface area contributed by atoms with Gasteiger partial charge in [-0.3, -0.25) is 9.52 Å². The van der Waals surface area contributed by atoms with Gasteiger partial charge in [0, 0.05) is 23.1 Å². The first-order chi connectivity index (χ1) is 13.9. The van der Waals surface area contributed by atoms with Gasteiger partial charge in [-0.2, -0.15) is 18.3 Å². The van der Waals surface area contributed by atoms with E-state index in [1.54, 1.807) is 0 Å². The highest BCUT2D eigenvalue weighted by Gasteiger charge is 2.35. The van der Waals surface area contributed by atoms with E-state index in [9.17, 15) is 26.4 Å². The largest absolute Gasteiger partial charge is 0.420 e. The lowest BCUT2D eigenvalue weighted by Crippen LogP contribution is -2.14. The number of sulfonamides is 1. The van der Waals surface area contributed by atoms with E-state index in [-0.39, 0.29) is 22.0 Å². The van der Waals surface area contributed by atoms with Crippen LogP contribution in [0.4, 0.5) is 24.5 Å². The van der Waals surface area contributed by atoms with E-state index in [0.717, 1.165) is 35.5 Å². The molecule has 3 rings (SSSR count). The number of rotatable bonds is 5. The molecule has 0 radical (unpaired) electrons. The predicted octanol–water partition coefficient (Wildman–Crippen LogP) is 3.56. The maximum atomic E-state index is 13.2. The highest BCUT2D eigenvalue weighted by molar-refractivity contribution is 7.92. The van der Waals surface area contributed by atoms with Gasteiger partial charge in [0.05, 0.1) is 23.7 Å². The molecule has 0 saturated heterocycles. The van der Waals surface area contributed by atoms with Crippen LogP contribution >= 0.6 is 11.6 Å². The van der Waals surface area contributed by atoms with Gasteiger partial charge in [0.1, 0.15) is 5.56 Å². The molecule has 0 aliphatic rings. The van der Waals surface area contributed by atoms with Crippen molar-refractivity contribution in [1.29, 1.82) is 0 Å². The summed E-state index contributed by atoms with van der Waals surface area (Å²) in [5.74, 6) is -1.18. The van der Waals surface area contributed by atoms with Crippen molar-refractivity contribution in [3.63, 3.8) is 0 Å². The summed E-state index contributed by atoms with van der Waals surface area (Å²) in [6.07, 6.45) is -0.360. The molecule has 30 heavy (non-hydrogen) atoms. The fourth-order valence-corrected chi connectivity index (χ4v) is 3.28. The quantitative estimate of drug-likeness (QED) is 0.606. The Hall–Kier alpha value is -3.12. The Morgan fingerprint density at radius 3 is 2.57 bits per heavy atom. The molecule has 8 nitrogen and oxygen atoms in total. The van der Waals surface area contributed by atoms with Crippen LogP contribution in [-0.4, -0.2) is 35.3 Å². The van der Waals surface area contributed by atoms with Crippen LogP contribution in [0.3, 0.4) is 0 Å². The summed E-state index contributed by atoms with van der Waals surface area (Å²) in [5.41, 5.74) is -0.766. The minimum atomic E-state index is -4.65. The highest BCUT2D eigenvalue weighted by Crippen LogP contribution is 2.32. The fourth-order valence-electron chi connectivity index (χ4n) is 2.49. The van der Waals surface area contributed by atoms with E-state index in [1.807, 2.05) is 0 Å². The molecular formula is C17H13ClF3N5O3S. The molecule has 0 atom stereocenters. The van der Waals surface area contributed by atoms with Gasteiger partial charge < -0.3 is 5.32 Å². The topological polar surface area (TPSA) is 106 Å². The van der Waals surface area contributed by atoms with Crippen LogP contribution in [0.1, 0.15) is 15.9 Å². The Bertz CT molecular complexity index is 1210. The van der Waals surface area contributed by atoms with Gasteiger partial charge in [0.2, 0.25) is 10.0 Å². The lowest BCUT2D eigenvalue weighted by Gasteiger charge is -2.11. The number of pyridine rings is 1. The number of hydrogen-bond donors (Lipinski definition) is 2. The number of nitrogens with one attached hydrogen (secondary N) is 2. The average Bonchev–Trinajstić information content (AvgIpc) is 3.09. The van der Waals surface area contributed by atoms with Gasteiger partial charge in [-0.25, -0.2) is 18.1 Å². The van der Waals surface area contributed by atoms with Gasteiger partial charge in [0.15, 0.2) is 5.82 Å². The highest BCUT2D eigenvalue weighted by atomic mass is 35.5. The molecule has 0 saturated carbocycles. The second-order valence-electron chi connectivity index (χ2n) is 6.10. The van der Waals surface area contributed by atoms with Crippen LogP contribution in [0.15, 0.2) is 48.9 Å². The first kappa shape index (κ1) is 21.6. The Labute approximate surface area is 173 Å². The molecule has 0 bridgehead atoms. The van der Waals surface area contributed by atoms with E-state index < -0.39 is 33.5 Å². The molecular weight excluding hydrogens is 447 g/mol. The molecule has 13 heteroatoms. The molecule has 2 heterocycles. The lowest BCUT2D eigenvalue weighted by molar-refractivity contribution is -0.137. The standard InChI is InChI=1S/C17H13ClF3N5O3S/c1-30(28,29)25-13-6-11(18)5-12(7-13)24-16(27)10-8-23-26(9-10)15-14(17(19,20)21)3-2-4-22-15/h2-9,25H,1H3,(H,24,27). The number of hydrogen-bond acceptors (Lipinski definition) is 5. The van der Waals surface area contributed by atoms with Crippen molar-refractivity contribution in [2.24, 2.45) is 0 Å². The number of nitrogens with zero attached hydrogens (tertiary/aromatic N) is 3. The van der Waals surface area contributed by atoms with Crippen LogP contribution < -0.4 is 10.0 Å². The molecule has 0 spiro atoms. The number of benzene rings is 1. The van der Waals surface area contributed by atoms with Crippen LogP contribution in [0, 0.1) is 0 Å². The summed E-state index contributed by atoms with van der Waals surface area (Å²) in [6, 6.07) is 6.04. The molecule has 0 unspecified atom stereocenters. The molecule has 158 valence electrons. The smallest absolute Gasteiger partial charge is 0.322 e. The molecule has 1 amide bonds. The van der Waals surface area contributed by atoms with Crippen molar-refractivity contribution in [3.05, 3.63) is 65.1 Å². The van der Waals surface area contributed by atoms with Crippen molar-refractivity contribution in [2.45, 2.75) is 6.18 Å². The average molecular weight is 460 g/mol. The van der Waals surface area contributed by atoms with Gasteiger partial charge in [-0.15, -0.1) is 0 Å². The van der Waals surface area contributed by atoms with E-state index in [1.165, 1.54) is 24.4 Å². The van der Waals surface area contributed by atoms with Crippen LogP contribution in [0.25, 0.3) is 5.82 Å². The zero-order chi connectivity index (χ0) is 22.1. The van der Waals surface area contributed by atoms with Crippen molar-refractivity contribution in [3.8, 4) is 5.82 Å². The van der Waals surface area contributed by atoms with Crippen LogP contribution in [0.2, 0.25) is 5.02 Å². The number of carbonyl (C=O) groups is 1. The van der Waals surface area contributed by atoms with Crippen molar-refractivity contribution < 1.29 is 26.4 Å². The molecule has 0 fully saturated rings. The van der Waals surface area contributed by atoms with Crippen molar-refractivity contribution in [2.75, 3.05) is 16.3 Å². The van der Waals surface area contributed by atoms with Crippen molar-refractivity contribution >= 4 is 38.9 Å².